The average molecular weight is 425 g/mol. The van der Waals surface area contributed by atoms with Crippen LogP contribution in [-0.2, 0) is 6.54 Å². The summed E-state index contributed by atoms with van der Waals surface area (Å²) in [6.45, 7) is 9.34. The van der Waals surface area contributed by atoms with E-state index in [1.807, 2.05) is 6.92 Å². The van der Waals surface area contributed by atoms with Crippen molar-refractivity contribution in [2.75, 3.05) is 0 Å². The predicted octanol–water partition coefficient (Wildman–Crippen LogP) is 3.32. The van der Waals surface area contributed by atoms with Gasteiger partial charge < -0.3 is 5.32 Å². The number of fused-ring (bicyclic) bond motifs is 3. The minimum Gasteiger partial charge on any atom is -0.349 e. The number of amides is 1. The first-order valence-corrected chi connectivity index (χ1v) is 11.7. The molecule has 3 unspecified atom stereocenters. The second kappa shape index (κ2) is 6.78. The Balaban J connectivity index is 1.61. The highest BCUT2D eigenvalue weighted by atomic mass is 16.2. The number of hydrogen-bond acceptors (Lipinski definition) is 4. The lowest BCUT2D eigenvalue weighted by Crippen LogP contribution is -2.47. The van der Waals surface area contributed by atoms with Crippen LogP contribution >= 0.6 is 0 Å². The fraction of sp³-hybridized carbons (Fsp3) is 0.667. The molecular weight excluding hydrogens is 392 g/mol. The Morgan fingerprint density at radius 1 is 1.26 bits per heavy atom. The SMILES string of the molecule is CCCn1c(=O)[nH]c(=O)c2c(C(=O)NC3CC4CCC3(C)C4(C)C)cc(C3CC3)nc21. The van der Waals surface area contributed by atoms with Gasteiger partial charge in [-0.3, -0.25) is 19.1 Å². The number of carbonyl (C=O) groups is 1. The lowest BCUT2D eigenvalue weighted by Gasteiger charge is -2.39. The van der Waals surface area contributed by atoms with Crippen LogP contribution < -0.4 is 16.6 Å². The van der Waals surface area contributed by atoms with Gasteiger partial charge in [-0.15, -0.1) is 0 Å². The van der Waals surface area contributed by atoms with Gasteiger partial charge in [-0.2, -0.15) is 0 Å². The molecule has 2 aromatic rings. The molecule has 3 saturated carbocycles. The van der Waals surface area contributed by atoms with Crippen LogP contribution in [0.4, 0.5) is 0 Å². The Morgan fingerprint density at radius 3 is 2.58 bits per heavy atom. The third-order valence-corrected chi connectivity index (χ3v) is 8.76. The van der Waals surface area contributed by atoms with Crippen molar-refractivity contribution < 1.29 is 4.79 Å². The summed E-state index contributed by atoms with van der Waals surface area (Å²) in [7, 11) is 0. The van der Waals surface area contributed by atoms with E-state index in [1.54, 1.807) is 6.07 Å². The van der Waals surface area contributed by atoms with Crippen LogP contribution in [0, 0.1) is 16.7 Å². The number of aromatic nitrogens is 3. The molecule has 2 bridgehead atoms. The second-order valence-corrected chi connectivity index (χ2v) is 10.6. The molecule has 166 valence electrons. The highest BCUT2D eigenvalue weighted by Gasteiger charge is 2.61. The second-order valence-electron chi connectivity index (χ2n) is 10.6. The van der Waals surface area contributed by atoms with Gasteiger partial charge >= 0.3 is 5.69 Å². The third-order valence-electron chi connectivity index (χ3n) is 8.76. The molecule has 7 heteroatoms. The van der Waals surface area contributed by atoms with Gasteiger partial charge in [0.05, 0.1) is 10.9 Å². The number of nitrogens with one attached hydrogen (secondary N) is 2. The van der Waals surface area contributed by atoms with Crippen LogP contribution in [0.1, 0.15) is 88.2 Å². The van der Waals surface area contributed by atoms with E-state index in [0.29, 0.717) is 29.6 Å². The van der Waals surface area contributed by atoms with Gasteiger partial charge in [-0.1, -0.05) is 27.7 Å². The van der Waals surface area contributed by atoms with Crippen LogP contribution in [0.5, 0.6) is 0 Å². The molecule has 3 fully saturated rings. The maximum atomic E-state index is 13.6. The Hall–Kier alpha value is -2.44. The molecule has 5 rings (SSSR count). The lowest BCUT2D eigenvalue weighted by molar-refractivity contribution is 0.0827. The Labute approximate surface area is 181 Å². The molecule has 2 heterocycles. The summed E-state index contributed by atoms with van der Waals surface area (Å²) in [6.07, 6.45) is 6.08. The predicted molar refractivity (Wildman–Crippen MR) is 119 cm³/mol. The van der Waals surface area contributed by atoms with E-state index < -0.39 is 11.2 Å². The lowest BCUT2D eigenvalue weighted by atomic mass is 9.69. The normalized spacial score (nSPS) is 28.9. The summed E-state index contributed by atoms with van der Waals surface area (Å²) in [6, 6.07) is 1.87. The van der Waals surface area contributed by atoms with Crippen molar-refractivity contribution >= 4 is 16.9 Å². The number of carbonyl (C=O) groups excluding carboxylic acids is 1. The first-order chi connectivity index (χ1) is 14.7. The summed E-state index contributed by atoms with van der Waals surface area (Å²) in [5, 5.41) is 3.51. The number of aromatic amines is 1. The van der Waals surface area contributed by atoms with Crippen molar-refractivity contribution in [3.8, 4) is 0 Å². The maximum Gasteiger partial charge on any atom is 0.329 e. The number of rotatable bonds is 5. The van der Waals surface area contributed by atoms with Crippen molar-refractivity contribution in [3.05, 3.63) is 38.2 Å². The molecule has 2 aromatic heterocycles. The molecule has 0 radical (unpaired) electrons. The van der Waals surface area contributed by atoms with Crippen LogP contribution in [0.3, 0.4) is 0 Å². The summed E-state index contributed by atoms with van der Waals surface area (Å²) in [5.41, 5.74) is 0.731. The van der Waals surface area contributed by atoms with Crippen molar-refractivity contribution in [2.24, 2.45) is 16.7 Å². The molecule has 3 atom stereocenters. The fourth-order valence-electron chi connectivity index (χ4n) is 6.15. The summed E-state index contributed by atoms with van der Waals surface area (Å²) >= 11 is 0. The van der Waals surface area contributed by atoms with Crippen molar-refractivity contribution in [1.82, 2.24) is 19.9 Å². The van der Waals surface area contributed by atoms with Crippen molar-refractivity contribution in [3.63, 3.8) is 0 Å². The monoisotopic (exact) mass is 424 g/mol. The van der Waals surface area contributed by atoms with Gasteiger partial charge in [0, 0.05) is 24.2 Å². The zero-order chi connectivity index (χ0) is 22.1. The number of nitrogens with zero attached hydrogens (tertiary/aromatic N) is 2. The van der Waals surface area contributed by atoms with E-state index in [4.69, 9.17) is 4.98 Å². The first kappa shape index (κ1) is 20.5. The van der Waals surface area contributed by atoms with Crippen LogP contribution in [-0.4, -0.2) is 26.5 Å². The zero-order valence-corrected chi connectivity index (χ0v) is 18.9. The summed E-state index contributed by atoms with van der Waals surface area (Å²) < 4.78 is 1.50. The van der Waals surface area contributed by atoms with Gasteiger partial charge in [0.2, 0.25) is 0 Å². The quantitative estimate of drug-likeness (QED) is 0.769. The molecule has 0 aliphatic heterocycles. The van der Waals surface area contributed by atoms with Crippen molar-refractivity contribution in [1.29, 1.82) is 0 Å². The molecule has 0 saturated heterocycles. The molecule has 7 nitrogen and oxygen atoms in total. The Bertz CT molecular complexity index is 1190. The van der Waals surface area contributed by atoms with E-state index in [9.17, 15) is 14.4 Å². The first-order valence-electron chi connectivity index (χ1n) is 11.7. The summed E-state index contributed by atoms with van der Waals surface area (Å²) in [5.74, 6) is 0.688. The van der Waals surface area contributed by atoms with Crippen LogP contribution in [0.2, 0.25) is 0 Å². The molecule has 0 aromatic carbocycles. The topological polar surface area (TPSA) is 96.9 Å². The molecular formula is C24H32N4O3. The van der Waals surface area contributed by atoms with E-state index in [-0.39, 0.29) is 28.2 Å². The molecule has 3 aliphatic rings. The molecule has 1 amide bonds. The third kappa shape index (κ3) is 2.92. The smallest absolute Gasteiger partial charge is 0.329 e. The number of H-pyrrole nitrogens is 1. The maximum absolute atomic E-state index is 13.6. The van der Waals surface area contributed by atoms with Crippen LogP contribution in [0.25, 0.3) is 11.0 Å². The van der Waals surface area contributed by atoms with E-state index in [0.717, 1.165) is 37.8 Å². The van der Waals surface area contributed by atoms with Gasteiger partial charge in [-0.25, -0.2) is 9.78 Å². The standard InChI is InChI=1S/C24H32N4O3/c1-5-10-28-19-18(21(30)27-22(28)31)15(12-16(25-19)13-6-7-13)20(29)26-17-11-14-8-9-24(17,4)23(14,2)3/h12-14,17H,5-11H2,1-4H3,(H,26,29)(H,27,30,31). The molecule has 31 heavy (non-hydrogen) atoms. The van der Waals surface area contributed by atoms with E-state index in [1.165, 1.54) is 11.0 Å². The van der Waals surface area contributed by atoms with E-state index >= 15 is 0 Å². The fourth-order valence-corrected chi connectivity index (χ4v) is 6.15. The zero-order valence-electron chi connectivity index (χ0n) is 18.9. The highest BCUT2D eigenvalue weighted by molar-refractivity contribution is 6.05. The van der Waals surface area contributed by atoms with Crippen LogP contribution in [0.15, 0.2) is 15.7 Å². The summed E-state index contributed by atoms with van der Waals surface area (Å²) in [4.78, 5) is 45.9. The average Bonchev–Trinajstić information content (AvgIpc) is 3.51. The molecule has 0 spiro atoms. The van der Waals surface area contributed by atoms with Gasteiger partial charge in [0.15, 0.2) is 5.65 Å². The Morgan fingerprint density at radius 2 is 2.00 bits per heavy atom. The highest BCUT2D eigenvalue weighted by Crippen LogP contribution is 2.65. The Kier molecular flexibility index (Phi) is 4.47. The van der Waals surface area contributed by atoms with Crippen molar-refractivity contribution in [2.45, 2.75) is 84.7 Å². The molecule has 2 N–H and O–H groups in total. The molecule has 3 aliphatic carbocycles. The van der Waals surface area contributed by atoms with E-state index in [2.05, 4.69) is 31.1 Å². The number of aryl methyl sites for hydroxylation is 1. The number of pyridine rings is 1. The largest absolute Gasteiger partial charge is 0.349 e. The van der Waals surface area contributed by atoms with Gasteiger partial charge in [0.25, 0.3) is 11.5 Å². The number of hydrogen-bond donors (Lipinski definition) is 2. The minimum atomic E-state index is -0.535. The van der Waals surface area contributed by atoms with Gasteiger partial charge in [0.1, 0.15) is 0 Å². The minimum absolute atomic E-state index is 0.0478. The van der Waals surface area contributed by atoms with Gasteiger partial charge in [-0.05, 0) is 61.3 Å².